The summed E-state index contributed by atoms with van der Waals surface area (Å²) in [6, 6.07) is 10.7. The molecule has 2 aliphatic rings. The molecule has 0 unspecified atom stereocenters. The molecule has 0 aromatic heterocycles. The molecule has 10 heteroatoms. The highest BCUT2D eigenvalue weighted by atomic mass is 19.1. The number of anilines is 1. The zero-order chi connectivity index (χ0) is 25.7. The number of likely N-dealkylation sites (N-methyl/N-ethyl adjacent to an activating group) is 1. The van der Waals surface area contributed by atoms with Gasteiger partial charge < -0.3 is 30.3 Å². The summed E-state index contributed by atoms with van der Waals surface area (Å²) in [5.41, 5.74) is 1.27. The van der Waals surface area contributed by atoms with Gasteiger partial charge in [0.05, 0.1) is 24.1 Å². The van der Waals surface area contributed by atoms with Crippen LogP contribution in [0.25, 0.3) is 0 Å². The molecule has 0 aliphatic carbocycles. The fourth-order valence-corrected chi connectivity index (χ4v) is 4.56. The molecule has 2 aliphatic heterocycles. The SMILES string of the molecule is CCNC(=O)Nc1ccc2c(c1)C(=O)N(C)[C@@H]1CC[C@H](CC(=O)NCc3ccccc3F)O[C@@H]1CO2. The van der Waals surface area contributed by atoms with Gasteiger partial charge in [0.1, 0.15) is 24.3 Å². The molecule has 2 aromatic carbocycles. The second-order valence-electron chi connectivity index (χ2n) is 8.94. The van der Waals surface area contributed by atoms with Gasteiger partial charge >= 0.3 is 6.03 Å². The number of nitrogens with one attached hydrogen (secondary N) is 3. The van der Waals surface area contributed by atoms with Crippen LogP contribution in [0.2, 0.25) is 0 Å². The Bertz CT molecular complexity index is 1130. The van der Waals surface area contributed by atoms with E-state index < -0.39 is 6.10 Å². The largest absolute Gasteiger partial charge is 0.490 e. The number of carbonyl (C=O) groups is 3. The van der Waals surface area contributed by atoms with Crippen LogP contribution in [0.15, 0.2) is 42.5 Å². The molecule has 4 amide bonds. The molecule has 3 atom stereocenters. The summed E-state index contributed by atoms with van der Waals surface area (Å²) in [5, 5.41) is 8.11. The first-order chi connectivity index (χ1) is 17.4. The van der Waals surface area contributed by atoms with Crippen molar-refractivity contribution in [1.29, 1.82) is 0 Å². The summed E-state index contributed by atoms with van der Waals surface area (Å²) >= 11 is 0. The van der Waals surface area contributed by atoms with Crippen LogP contribution in [0.5, 0.6) is 5.75 Å². The average Bonchev–Trinajstić information content (AvgIpc) is 2.86. The smallest absolute Gasteiger partial charge is 0.319 e. The quantitative estimate of drug-likeness (QED) is 0.567. The van der Waals surface area contributed by atoms with E-state index in [-0.39, 0.29) is 55.4 Å². The predicted molar refractivity (Wildman–Crippen MR) is 131 cm³/mol. The van der Waals surface area contributed by atoms with Gasteiger partial charge in [-0.25, -0.2) is 9.18 Å². The van der Waals surface area contributed by atoms with Gasteiger partial charge in [0.25, 0.3) is 5.91 Å². The van der Waals surface area contributed by atoms with Gasteiger partial charge in [0, 0.05) is 31.4 Å². The van der Waals surface area contributed by atoms with Crippen LogP contribution >= 0.6 is 0 Å². The number of amides is 4. The van der Waals surface area contributed by atoms with Gasteiger partial charge in [-0.3, -0.25) is 9.59 Å². The lowest BCUT2D eigenvalue weighted by molar-refractivity contribution is -0.134. The van der Waals surface area contributed by atoms with Gasteiger partial charge in [-0.15, -0.1) is 0 Å². The standard InChI is InChI=1S/C26H31FN4O5/c1-3-28-26(34)30-17-8-11-22-19(12-17)25(33)31(2)21-10-9-18(36-23(21)15-35-22)13-24(32)29-14-16-6-4-5-7-20(16)27/h4-8,11-12,18,21,23H,3,9-10,13-15H2,1-2H3,(H,29,32)(H2,28,30,34)/t18-,21-,23-/m1/s1. The number of carbonyl (C=O) groups excluding carboxylic acids is 3. The number of ether oxygens (including phenoxy) is 2. The molecule has 192 valence electrons. The van der Waals surface area contributed by atoms with Crippen LogP contribution < -0.4 is 20.7 Å². The fourth-order valence-electron chi connectivity index (χ4n) is 4.56. The Balaban J connectivity index is 1.38. The first-order valence-corrected chi connectivity index (χ1v) is 12.1. The zero-order valence-corrected chi connectivity index (χ0v) is 20.4. The van der Waals surface area contributed by atoms with E-state index in [1.807, 2.05) is 6.92 Å². The van der Waals surface area contributed by atoms with Crippen molar-refractivity contribution in [3.63, 3.8) is 0 Å². The van der Waals surface area contributed by atoms with Gasteiger partial charge in [-0.2, -0.15) is 0 Å². The second-order valence-corrected chi connectivity index (χ2v) is 8.94. The number of rotatable bonds is 6. The number of hydrogen-bond acceptors (Lipinski definition) is 5. The van der Waals surface area contributed by atoms with E-state index in [0.29, 0.717) is 42.0 Å². The maximum absolute atomic E-state index is 13.8. The van der Waals surface area contributed by atoms with E-state index in [0.717, 1.165) is 0 Å². The molecule has 2 aromatic rings. The minimum Gasteiger partial charge on any atom is -0.490 e. The lowest BCUT2D eigenvalue weighted by Crippen LogP contribution is -2.53. The third-order valence-electron chi connectivity index (χ3n) is 6.45. The van der Waals surface area contributed by atoms with Crippen molar-refractivity contribution >= 4 is 23.5 Å². The van der Waals surface area contributed by atoms with E-state index in [1.54, 1.807) is 48.3 Å². The highest BCUT2D eigenvalue weighted by molar-refractivity contribution is 5.99. The van der Waals surface area contributed by atoms with Gasteiger partial charge in [0.15, 0.2) is 0 Å². The van der Waals surface area contributed by atoms with Crippen LogP contribution in [-0.2, 0) is 16.1 Å². The van der Waals surface area contributed by atoms with E-state index in [2.05, 4.69) is 16.0 Å². The lowest BCUT2D eigenvalue weighted by Gasteiger charge is -2.42. The summed E-state index contributed by atoms with van der Waals surface area (Å²) in [6.45, 7) is 2.63. The molecular weight excluding hydrogens is 467 g/mol. The molecular formula is C26H31FN4O5. The van der Waals surface area contributed by atoms with E-state index in [4.69, 9.17) is 9.47 Å². The summed E-state index contributed by atoms with van der Waals surface area (Å²) in [7, 11) is 1.73. The summed E-state index contributed by atoms with van der Waals surface area (Å²) < 4.78 is 25.9. The molecule has 0 radical (unpaired) electrons. The van der Waals surface area contributed by atoms with Crippen molar-refractivity contribution < 1.29 is 28.2 Å². The predicted octanol–water partition coefficient (Wildman–Crippen LogP) is 3.05. The second kappa shape index (κ2) is 11.4. The number of fused-ring (bicyclic) bond motifs is 2. The summed E-state index contributed by atoms with van der Waals surface area (Å²) in [6.07, 6.45) is 0.645. The number of halogens is 1. The van der Waals surface area contributed by atoms with Crippen LogP contribution in [0, 0.1) is 5.82 Å². The maximum Gasteiger partial charge on any atom is 0.319 e. The van der Waals surface area contributed by atoms with Crippen molar-refractivity contribution in [3.05, 3.63) is 59.4 Å². The highest BCUT2D eigenvalue weighted by Gasteiger charge is 2.39. The van der Waals surface area contributed by atoms with E-state index >= 15 is 0 Å². The normalized spacial score (nSPS) is 21.2. The summed E-state index contributed by atoms with van der Waals surface area (Å²) in [4.78, 5) is 39.3. The van der Waals surface area contributed by atoms with Crippen molar-refractivity contribution in [2.24, 2.45) is 0 Å². The maximum atomic E-state index is 13.8. The monoisotopic (exact) mass is 498 g/mol. The molecule has 4 rings (SSSR count). The van der Waals surface area contributed by atoms with Crippen molar-refractivity contribution in [1.82, 2.24) is 15.5 Å². The minimum atomic E-state index is -0.404. The molecule has 0 spiro atoms. The lowest BCUT2D eigenvalue weighted by atomic mass is 9.94. The Morgan fingerprint density at radius 3 is 2.72 bits per heavy atom. The zero-order valence-electron chi connectivity index (χ0n) is 20.4. The van der Waals surface area contributed by atoms with Gasteiger partial charge in [0.2, 0.25) is 5.91 Å². The third-order valence-corrected chi connectivity index (χ3v) is 6.45. The van der Waals surface area contributed by atoms with E-state index in [1.165, 1.54) is 6.07 Å². The topological polar surface area (TPSA) is 109 Å². The first kappa shape index (κ1) is 25.4. The molecule has 1 saturated heterocycles. The van der Waals surface area contributed by atoms with Gasteiger partial charge in [-0.1, -0.05) is 18.2 Å². The molecule has 36 heavy (non-hydrogen) atoms. The molecule has 1 fully saturated rings. The Hall–Kier alpha value is -3.66. The van der Waals surface area contributed by atoms with E-state index in [9.17, 15) is 18.8 Å². The van der Waals surface area contributed by atoms with Crippen LogP contribution in [0.4, 0.5) is 14.9 Å². The molecule has 9 nitrogen and oxygen atoms in total. The minimum absolute atomic E-state index is 0.109. The number of nitrogens with zero attached hydrogens (tertiary/aromatic N) is 1. The third kappa shape index (κ3) is 5.93. The molecule has 0 bridgehead atoms. The fraction of sp³-hybridized carbons (Fsp3) is 0.423. The molecule has 2 heterocycles. The van der Waals surface area contributed by atoms with Crippen molar-refractivity contribution in [2.75, 3.05) is 25.5 Å². The Kier molecular flexibility index (Phi) is 8.04. The number of hydrogen-bond donors (Lipinski definition) is 3. The Morgan fingerprint density at radius 2 is 1.94 bits per heavy atom. The Labute approximate surface area is 209 Å². The van der Waals surface area contributed by atoms with Crippen LogP contribution in [-0.4, -0.2) is 61.2 Å². The number of benzene rings is 2. The average molecular weight is 499 g/mol. The highest BCUT2D eigenvalue weighted by Crippen LogP contribution is 2.32. The van der Waals surface area contributed by atoms with Crippen LogP contribution in [0.1, 0.15) is 42.1 Å². The number of urea groups is 1. The molecule has 3 N–H and O–H groups in total. The Morgan fingerprint density at radius 1 is 1.14 bits per heavy atom. The molecule has 0 saturated carbocycles. The first-order valence-electron chi connectivity index (χ1n) is 12.1. The van der Waals surface area contributed by atoms with Crippen molar-refractivity contribution in [2.45, 2.75) is 51.0 Å². The summed E-state index contributed by atoms with van der Waals surface area (Å²) in [5.74, 6) is -0.416. The van der Waals surface area contributed by atoms with Crippen molar-refractivity contribution in [3.8, 4) is 5.75 Å². The van der Waals surface area contributed by atoms with Crippen LogP contribution in [0.3, 0.4) is 0 Å². The van der Waals surface area contributed by atoms with Gasteiger partial charge in [-0.05, 0) is 44.0 Å².